The Morgan fingerprint density at radius 2 is 2.00 bits per heavy atom. The van der Waals surface area contributed by atoms with Crippen LogP contribution in [0.25, 0.3) is 11.5 Å². The van der Waals surface area contributed by atoms with Crippen molar-refractivity contribution in [3.05, 3.63) is 39.7 Å². The first-order chi connectivity index (χ1) is 9.89. The summed E-state index contributed by atoms with van der Waals surface area (Å²) in [5.41, 5.74) is 6.85. The highest BCUT2D eigenvalue weighted by molar-refractivity contribution is 5.59. The molecule has 0 fully saturated rings. The predicted octanol–water partition coefficient (Wildman–Crippen LogP) is 2.93. The van der Waals surface area contributed by atoms with Gasteiger partial charge in [-0.1, -0.05) is 19.0 Å². The highest BCUT2D eigenvalue weighted by Gasteiger charge is 2.29. The number of rotatable bonds is 5. The Balaban J connectivity index is 2.45. The number of non-ortho nitro benzene ring substituents is 1. The lowest BCUT2D eigenvalue weighted by atomic mass is 9.93. The van der Waals surface area contributed by atoms with Gasteiger partial charge in [0, 0.05) is 17.7 Å². The smallest absolute Gasteiger partial charge is 0.270 e. The zero-order chi connectivity index (χ0) is 15.6. The van der Waals surface area contributed by atoms with E-state index in [1.807, 2.05) is 13.8 Å². The molecule has 0 amide bonds. The van der Waals surface area contributed by atoms with E-state index in [0.29, 0.717) is 24.2 Å². The van der Waals surface area contributed by atoms with Gasteiger partial charge in [0.25, 0.3) is 11.6 Å². The fraction of sp³-hybridized carbons (Fsp3) is 0.429. The van der Waals surface area contributed by atoms with Crippen molar-refractivity contribution in [2.75, 3.05) is 0 Å². The minimum atomic E-state index is -0.641. The fourth-order valence-electron chi connectivity index (χ4n) is 2.10. The average Bonchev–Trinajstić information content (AvgIpc) is 2.96. The van der Waals surface area contributed by atoms with Gasteiger partial charge in [-0.2, -0.15) is 4.98 Å². The van der Waals surface area contributed by atoms with E-state index in [1.54, 1.807) is 13.0 Å². The molecule has 0 atom stereocenters. The Bertz CT molecular complexity index is 662. The molecule has 1 heterocycles. The van der Waals surface area contributed by atoms with Crippen molar-refractivity contribution in [3.63, 3.8) is 0 Å². The van der Waals surface area contributed by atoms with Crippen LogP contribution >= 0.6 is 0 Å². The molecular formula is C14H18N4O3. The van der Waals surface area contributed by atoms with E-state index in [0.717, 1.165) is 5.56 Å². The standard InChI is InChI=1S/C14H18N4O3/c1-4-14(15,5-2)13-16-12(21-17-13)10-6-9(3)7-11(8-10)18(19)20/h6-8H,4-5,15H2,1-3H3. The van der Waals surface area contributed by atoms with E-state index in [1.165, 1.54) is 12.1 Å². The lowest BCUT2D eigenvalue weighted by Crippen LogP contribution is -2.36. The molecule has 2 N–H and O–H groups in total. The third-order valence-corrected chi connectivity index (χ3v) is 3.65. The normalized spacial score (nSPS) is 11.6. The van der Waals surface area contributed by atoms with E-state index >= 15 is 0 Å². The molecule has 2 aromatic rings. The largest absolute Gasteiger partial charge is 0.334 e. The number of aromatic nitrogens is 2. The Hall–Kier alpha value is -2.28. The second-order valence-corrected chi connectivity index (χ2v) is 5.10. The van der Waals surface area contributed by atoms with E-state index in [9.17, 15) is 10.1 Å². The zero-order valence-electron chi connectivity index (χ0n) is 12.3. The third-order valence-electron chi connectivity index (χ3n) is 3.65. The molecular weight excluding hydrogens is 272 g/mol. The molecule has 0 radical (unpaired) electrons. The molecule has 0 aliphatic carbocycles. The second kappa shape index (κ2) is 5.61. The lowest BCUT2D eigenvalue weighted by Gasteiger charge is -2.21. The van der Waals surface area contributed by atoms with Crippen LogP contribution in [0.15, 0.2) is 22.7 Å². The quantitative estimate of drug-likeness (QED) is 0.670. The van der Waals surface area contributed by atoms with Crippen LogP contribution in [0, 0.1) is 17.0 Å². The maximum atomic E-state index is 10.9. The van der Waals surface area contributed by atoms with E-state index in [4.69, 9.17) is 10.3 Å². The molecule has 0 saturated heterocycles. The summed E-state index contributed by atoms with van der Waals surface area (Å²) in [6.07, 6.45) is 1.35. The SMILES string of the molecule is CCC(N)(CC)c1noc(-c2cc(C)cc([N+](=O)[O-])c2)n1. The Labute approximate surface area is 122 Å². The number of benzene rings is 1. The molecule has 112 valence electrons. The van der Waals surface area contributed by atoms with Crippen LogP contribution in [-0.4, -0.2) is 15.1 Å². The van der Waals surface area contributed by atoms with Crippen molar-refractivity contribution < 1.29 is 9.45 Å². The van der Waals surface area contributed by atoms with E-state index in [-0.39, 0.29) is 11.6 Å². The molecule has 0 aliphatic rings. The summed E-state index contributed by atoms with van der Waals surface area (Å²) in [5.74, 6) is 0.667. The summed E-state index contributed by atoms with van der Waals surface area (Å²) in [4.78, 5) is 14.8. The number of nitro groups is 1. The van der Waals surface area contributed by atoms with Gasteiger partial charge in [-0.3, -0.25) is 10.1 Å². The predicted molar refractivity (Wildman–Crippen MR) is 77.6 cm³/mol. The van der Waals surface area contributed by atoms with Crippen LogP contribution in [0.5, 0.6) is 0 Å². The molecule has 7 heteroatoms. The first-order valence-corrected chi connectivity index (χ1v) is 6.79. The lowest BCUT2D eigenvalue weighted by molar-refractivity contribution is -0.384. The molecule has 7 nitrogen and oxygen atoms in total. The molecule has 2 rings (SSSR count). The molecule has 0 unspecified atom stereocenters. The van der Waals surface area contributed by atoms with Crippen molar-refractivity contribution in [1.82, 2.24) is 10.1 Å². The number of nitrogens with zero attached hydrogens (tertiary/aromatic N) is 3. The van der Waals surface area contributed by atoms with Gasteiger partial charge in [0.05, 0.1) is 10.5 Å². The monoisotopic (exact) mass is 290 g/mol. The fourth-order valence-corrected chi connectivity index (χ4v) is 2.10. The van der Waals surface area contributed by atoms with Crippen molar-refractivity contribution >= 4 is 5.69 Å². The Morgan fingerprint density at radius 1 is 1.33 bits per heavy atom. The van der Waals surface area contributed by atoms with Gasteiger partial charge < -0.3 is 10.3 Å². The van der Waals surface area contributed by atoms with E-state index < -0.39 is 10.5 Å². The molecule has 0 saturated carbocycles. The van der Waals surface area contributed by atoms with Gasteiger partial charge in [-0.25, -0.2) is 0 Å². The maximum absolute atomic E-state index is 10.9. The van der Waals surface area contributed by atoms with E-state index in [2.05, 4.69) is 10.1 Å². The van der Waals surface area contributed by atoms with Gasteiger partial charge in [0.2, 0.25) is 0 Å². The van der Waals surface area contributed by atoms with Crippen molar-refractivity contribution in [3.8, 4) is 11.5 Å². The van der Waals surface area contributed by atoms with Crippen molar-refractivity contribution in [1.29, 1.82) is 0 Å². The Morgan fingerprint density at radius 3 is 2.57 bits per heavy atom. The molecule has 21 heavy (non-hydrogen) atoms. The van der Waals surface area contributed by atoms with Gasteiger partial charge in [0.15, 0.2) is 5.82 Å². The first-order valence-electron chi connectivity index (χ1n) is 6.79. The summed E-state index contributed by atoms with van der Waals surface area (Å²) in [6, 6.07) is 4.67. The topological polar surface area (TPSA) is 108 Å². The molecule has 1 aromatic carbocycles. The van der Waals surface area contributed by atoms with Gasteiger partial charge in [-0.05, 0) is 31.4 Å². The minimum Gasteiger partial charge on any atom is -0.334 e. The van der Waals surface area contributed by atoms with Gasteiger partial charge in [0.1, 0.15) is 0 Å². The molecule has 0 spiro atoms. The molecule has 0 bridgehead atoms. The molecule has 1 aromatic heterocycles. The average molecular weight is 290 g/mol. The highest BCUT2D eigenvalue weighted by atomic mass is 16.6. The van der Waals surface area contributed by atoms with Gasteiger partial charge >= 0.3 is 0 Å². The summed E-state index contributed by atoms with van der Waals surface area (Å²) in [7, 11) is 0. The number of nitro benzene ring substituents is 1. The minimum absolute atomic E-state index is 0.00487. The van der Waals surface area contributed by atoms with Crippen LogP contribution in [0.2, 0.25) is 0 Å². The highest BCUT2D eigenvalue weighted by Crippen LogP contribution is 2.28. The molecule has 0 aliphatic heterocycles. The number of aryl methyl sites for hydroxylation is 1. The first kappa shape index (κ1) is 15.1. The van der Waals surface area contributed by atoms with Crippen molar-refractivity contribution in [2.45, 2.75) is 39.2 Å². The van der Waals surface area contributed by atoms with Crippen LogP contribution in [0.1, 0.15) is 38.1 Å². The van der Waals surface area contributed by atoms with Crippen molar-refractivity contribution in [2.24, 2.45) is 5.73 Å². The van der Waals surface area contributed by atoms with Crippen LogP contribution < -0.4 is 5.73 Å². The summed E-state index contributed by atoms with van der Waals surface area (Å²) >= 11 is 0. The van der Waals surface area contributed by atoms with Crippen LogP contribution in [0.3, 0.4) is 0 Å². The number of nitrogens with two attached hydrogens (primary N) is 1. The maximum Gasteiger partial charge on any atom is 0.270 e. The van der Waals surface area contributed by atoms with Crippen LogP contribution in [0.4, 0.5) is 5.69 Å². The Kier molecular flexibility index (Phi) is 4.04. The summed E-state index contributed by atoms with van der Waals surface area (Å²) in [6.45, 7) is 5.69. The summed E-state index contributed by atoms with van der Waals surface area (Å²) < 4.78 is 5.23. The number of hydrogen-bond acceptors (Lipinski definition) is 6. The second-order valence-electron chi connectivity index (χ2n) is 5.10. The van der Waals surface area contributed by atoms with Gasteiger partial charge in [-0.15, -0.1) is 0 Å². The van der Waals surface area contributed by atoms with Crippen LogP contribution in [-0.2, 0) is 5.54 Å². The number of hydrogen-bond donors (Lipinski definition) is 1. The zero-order valence-corrected chi connectivity index (χ0v) is 12.3. The third kappa shape index (κ3) is 2.92. The summed E-state index contributed by atoms with van der Waals surface area (Å²) in [5, 5.41) is 14.8.